The molecule has 0 aliphatic heterocycles. The molecule has 6 nitrogen and oxygen atoms in total. The number of carboxylic acids is 1. The summed E-state index contributed by atoms with van der Waals surface area (Å²) in [7, 11) is 0. The van der Waals surface area contributed by atoms with Gasteiger partial charge in [0.25, 0.3) is 0 Å². The molecule has 5 N–H and O–H groups in total. The van der Waals surface area contributed by atoms with Gasteiger partial charge in [-0.25, -0.2) is 4.79 Å². The van der Waals surface area contributed by atoms with Crippen LogP contribution in [0.4, 0.5) is 4.79 Å². The number of hydrogen-bond donors (Lipinski definition) is 4. The van der Waals surface area contributed by atoms with Crippen molar-refractivity contribution in [3.05, 3.63) is 0 Å². The highest BCUT2D eigenvalue weighted by Crippen LogP contribution is 2.14. The Morgan fingerprint density at radius 2 is 2.00 bits per heavy atom. The number of aliphatic carboxylic acids is 1. The largest absolute Gasteiger partial charge is 0.480 e. The van der Waals surface area contributed by atoms with Crippen LogP contribution in [-0.4, -0.2) is 34.9 Å². The lowest BCUT2D eigenvalue weighted by molar-refractivity contribution is -0.140. The van der Waals surface area contributed by atoms with Crippen LogP contribution in [0.3, 0.4) is 0 Å². The van der Waals surface area contributed by atoms with Crippen LogP contribution in [0.15, 0.2) is 0 Å². The van der Waals surface area contributed by atoms with Gasteiger partial charge in [0, 0.05) is 6.54 Å². The van der Waals surface area contributed by atoms with E-state index in [-0.39, 0.29) is 5.92 Å². The molecular weight excluding hydrogens is 200 g/mol. The molecule has 1 unspecified atom stereocenters. The Hall–Kier alpha value is -1.30. The number of carboxylic acid groups (broad SMARTS) is 2. The van der Waals surface area contributed by atoms with Crippen LogP contribution in [-0.2, 0) is 4.79 Å². The van der Waals surface area contributed by atoms with Gasteiger partial charge in [-0.3, -0.25) is 4.79 Å². The average Bonchev–Trinajstić information content (AvgIpc) is 2.16. The number of nitrogens with two attached hydrogens (primary N) is 1. The number of nitrogens with one attached hydrogen (secondary N) is 1. The molecule has 0 heterocycles. The quantitative estimate of drug-likeness (QED) is 0.464. The maximum Gasteiger partial charge on any atom is 0.404 e. The van der Waals surface area contributed by atoms with Crippen LogP contribution >= 0.6 is 0 Å². The molecule has 0 rings (SSSR count). The first-order valence-electron chi connectivity index (χ1n) is 4.94. The highest BCUT2D eigenvalue weighted by atomic mass is 16.4. The van der Waals surface area contributed by atoms with Crippen molar-refractivity contribution in [1.82, 2.24) is 5.32 Å². The van der Waals surface area contributed by atoms with Gasteiger partial charge < -0.3 is 21.3 Å². The molecule has 0 bridgehead atoms. The van der Waals surface area contributed by atoms with Gasteiger partial charge in [-0.1, -0.05) is 13.3 Å². The molecule has 6 heteroatoms. The van der Waals surface area contributed by atoms with Gasteiger partial charge in [0.2, 0.25) is 0 Å². The molecule has 2 atom stereocenters. The van der Waals surface area contributed by atoms with Gasteiger partial charge in [-0.05, 0) is 18.8 Å². The Morgan fingerprint density at radius 3 is 2.40 bits per heavy atom. The van der Waals surface area contributed by atoms with E-state index in [4.69, 9.17) is 15.9 Å². The highest BCUT2D eigenvalue weighted by Gasteiger charge is 2.21. The Balaban J connectivity index is 3.80. The van der Waals surface area contributed by atoms with Gasteiger partial charge in [0.15, 0.2) is 0 Å². The van der Waals surface area contributed by atoms with E-state index in [1.54, 1.807) is 0 Å². The normalized spacial score (nSPS) is 14.3. The van der Waals surface area contributed by atoms with Crippen molar-refractivity contribution in [2.75, 3.05) is 6.54 Å². The molecule has 88 valence electrons. The van der Waals surface area contributed by atoms with E-state index in [0.29, 0.717) is 25.8 Å². The fourth-order valence-corrected chi connectivity index (χ4v) is 1.40. The predicted octanol–water partition coefficient (Wildman–Crippen LogP) is 0.472. The number of carbonyl (C=O) groups is 2. The smallest absolute Gasteiger partial charge is 0.404 e. The molecule has 0 aliphatic rings. The monoisotopic (exact) mass is 218 g/mol. The molecule has 15 heavy (non-hydrogen) atoms. The Labute approximate surface area is 88.5 Å². The lowest BCUT2D eigenvalue weighted by Crippen LogP contribution is -2.38. The zero-order valence-electron chi connectivity index (χ0n) is 8.77. The lowest BCUT2D eigenvalue weighted by Gasteiger charge is -2.18. The van der Waals surface area contributed by atoms with Crippen LogP contribution in [0.2, 0.25) is 0 Å². The Kier molecular flexibility index (Phi) is 6.44. The van der Waals surface area contributed by atoms with E-state index in [1.165, 1.54) is 0 Å². The van der Waals surface area contributed by atoms with Gasteiger partial charge in [-0.15, -0.1) is 0 Å². The van der Waals surface area contributed by atoms with E-state index in [1.807, 2.05) is 6.92 Å². The minimum Gasteiger partial charge on any atom is -0.480 e. The van der Waals surface area contributed by atoms with Crippen molar-refractivity contribution < 1.29 is 19.8 Å². The maximum absolute atomic E-state index is 10.6. The summed E-state index contributed by atoms with van der Waals surface area (Å²) in [6.45, 7) is 2.20. The predicted molar refractivity (Wildman–Crippen MR) is 54.7 cm³/mol. The zero-order valence-corrected chi connectivity index (χ0v) is 8.77. The highest BCUT2D eigenvalue weighted by molar-refractivity contribution is 5.73. The fourth-order valence-electron chi connectivity index (χ4n) is 1.40. The Bertz CT molecular complexity index is 220. The molecule has 1 amide bonds. The van der Waals surface area contributed by atoms with Gasteiger partial charge in [-0.2, -0.15) is 0 Å². The molecule has 0 radical (unpaired) electrons. The van der Waals surface area contributed by atoms with Crippen LogP contribution in [0.1, 0.15) is 26.2 Å². The zero-order chi connectivity index (χ0) is 11.8. The molecule has 0 aromatic heterocycles. The minimum absolute atomic E-state index is 0.0990. The minimum atomic E-state index is -1.06. The lowest BCUT2D eigenvalue weighted by atomic mass is 9.92. The first-order chi connectivity index (χ1) is 6.99. The molecule has 0 aliphatic carbocycles. The average molecular weight is 218 g/mol. The summed E-state index contributed by atoms with van der Waals surface area (Å²) in [5, 5.41) is 19.2. The van der Waals surface area contributed by atoms with E-state index in [2.05, 4.69) is 5.32 Å². The number of rotatable bonds is 7. The summed E-state index contributed by atoms with van der Waals surface area (Å²) in [5.74, 6) is -1.11. The maximum atomic E-state index is 10.6. The van der Waals surface area contributed by atoms with Crippen molar-refractivity contribution in [1.29, 1.82) is 0 Å². The standard InChI is InChI=1S/C9H18N2O4/c1-2-6(7(10)8(12)13)4-3-5-11-9(14)15/h6-7,11H,2-5,10H2,1H3,(H,12,13)(H,14,15)/t6?,7-/m0/s1. The van der Waals surface area contributed by atoms with Crippen molar-refractivity contribution in [3.8, 4) is 0 Å². The summed E-state index contributed by atoms with van der Waals surface area (Å²) >= 11 is 0. The number of hydrogen-bond acceptors (Lipinski definition) is 3. The SMILES string of the molecule is CCC(CCCNC(=O)O)[C@H](N)C(=O)O. The summed E-state index contributed by atoms with van der Waals surface area (Å²) in [6.07, 6.45) is 0.835. The van der Waals surface area contributed by atoms with Crippen molar-refractivity contribution in [2.45, 2.75) is 32.2 Å². The van der Waals surface area contributed by atoms with Gasteiger partial charge in [0.05, 0.1) is 0 Å². The van der Waals surface area contributed by atoms with Crippen LogP contribution < -0.4 is 11.1 Å². The number of amides is 1. The van der Waals surface area contributed by atoms with E-state index in [0.717, 1.165) is 0 Å². The third-order valence-corrected chi connectivity index (χ3v) is 2.35. The molecular formula is C9H18N2O4. The summed E-state index contributed by atoms with van der Waals surface area (Å²) in [6, 6.07) is -0.861. The summed E-state index contributed by atoms with van der Waals surface area (Å²) in [4.78, 5) is 20.7. The van der Waals surface area contributed by atoms with E-state index in [9.17, 15) is 9.59 Å². The molecule has 0 saturated heterocycles. The first-order valence-corrected chi connectivity index (χ1v) is 4.94. The van der Waals surface area contributed by atoms with Gasteiger partial charge in [0.1, 0.15) is 6.04 Å². The fraction of sp³-hybridized carbons (Fsp3) is 0.778. The van der Waals surface area contributed by atoms with Gasteiger partial charge >= 0.3 is 12.1 Å². The summed E-state index contributed by atoms with van der Waals surface area (Å²) in [5.41, 5.74) is 5.48. The van der Waals surface area contributed by atoms with Crippen molar-refractivity contribution in [3.63, 3.8) is 0 Å². The Morgan fingerprint density at radius 1 is 1.40 bits per heavy atom. The van der Waals surface area contributed by atoms with Crippen LogP contribution in [0, 0.1) is 5.92 Å². The molecule has 0 fully saturated rings. The molecule has 0 aromatic carbocycles. The van der Waals surface area contributed by atoms with E-state index < -0.39 is 18.1 Å². The second-order valence-corrected chi connectivity index (χ2v) is 3.41. The van der Waals surface area contributed by atoms with Crippen LogP contribution in [0.5, 0.6) is 0 Å². The summed E-state index contributed by atoms with van der Waals surface area (Å²) < 4.78 is 0. The molecule has 0 aromatic rings. The third kappa shape index (κ3) is 5.90. The van der Waals surface area contributed by atoms with Crippen LogP contribution in [0.25, 0.3) is 0 Å². The van der Waals surface area contributed by atoms with Crippen molar-refractivity contribution >= 4 is 12.1 Å². The van der Waals surface area contributed by atoms with Crippen molar-refractivity contribution in [2.24, 2.45) is 11.7 Å². The second kappa shape index (κ2) is 7.05. The molecule has 0 saturated carbocycles. The van der Waals surface area contributed by atoms with E-state index >= 15 is 0 Å². The second-order valence-electron chi connectivity index (χ2n) is 3.41. The molecule has 0 spiro atoms. The topological polar surface area (TPSA) is 113 Å². The third-order valence-electron chi connectivity index (χ3n) is 2.35. The first kappa shape index (κ1) is 13.7.